The summed E-state index contributed by atoms with van der Waals surface area (Å²) in [6.45, 7) is 6.37. The van der Waals surface area contributed by atoms with E-state index in [0.29, 0.717) is 17.8 Å². The molecular formula is C11H17N3O2. The van der Waals surface area contributed by atoms with Gasteiger partial charge in [0.25, 0.3) is 5.69 Å². The van der Waals surface area contributed by atoms with Crippen molar-refractivity contribution in [2.45, 2.75) is 33.2 Å². The molecule has 0 saturated carbocycles. The minimum absolute atomic E-state index is 0.0155. The molecule has 0 aromatic carbocycles. The fourth-order valence-corrected chi connectivity index (χ4v) is 1.31. The standard InChI is InChI=1S/C11H17N3O2/c1-4-8(2)9(3)13-11-6-5-10(7-12-11)14(15)16/h5-9H,4H2,1-3H3,(H,12,13). The molecule has 88 valence electrons. The first-order valence-corrected chi connectivity index (χ1v) is 5.41. The fourth-order valence-electron chi connectivity index (χ4n) is 1.31. The molecule has 1 aromatic heterocycles. The summed E-state index contributed by atoms with van der Waals surface area (Å²) in [5, 5.41) is 13.7. The third-order valence-electron chi connectivity index (χ3n) is 2.83. The maximum atomic E-state index is 10.4. The van der Waals surface area contributed by atoms with E-state index in [1.54, 1.807) is 6.07 Å². The Kier molecular flexibility index (Phi) is 4.22. The Balaban J connectivity index is 2.65. The van der Waals surface area contributed by atoms with E-state index < -0.39 is 4.92 Å². The van der Waals surface area contributed by atoms with Crippen molar-refractivity contribution in [1.82, 2.24) is 4.98 Å². The van der Waals surface area contributed by atoms with Crippen LogP contribution in [-0.2, 0) is 0 Å². The van der Waals surface area contributed by atoms with Gasteiger partial charge in [-0.1, -0.05) is 20.3 Å². The lowest BCUT2D eigenvalue weighted by Gasteiger charge is -2.20. The van der Waals surface area contributed by atoms with E-state index in [1.807, 2.05) is 0 Å². The van der Waals surface area contributed by atoms with Gasteiger partial charge >= 0.3 is 0 Å². The number of hydrogen-bond acceptors (Lipinski definition) is 4. The van der Waals surface area contributed by atoms with Crippen molar-refractivity contribution in [3.63, 3.8) is 0 Å². The Morgan fingerprint density at radius 1 is 1.50 bits per heavy atom. The van der Waals surface area contributed by atoms with E-state index in [-0.39, 0.29) is 5.69 Å². The van der Waals surface area contributed by atoms with Crippen LogP contribution in [0.3, 0.4) is 0 Å². The zero-order valence-corrected chi connectivity index (χ0v) is 9.80. The minimum atomic E-state index is -0.450. The Bertz CT molecular complexity index is 351. The number of aromatic nitrogens is 1. The Hall–Kier alpha value is -1.65. The van der Waals surface area contributed by atoms with Crippen molar-refractivity contribution >= 4 is 11.5 Å². The van der Waals surface area contributed by atoms with E-state index in [4.69, 9.17) is 0 Å². The summed E-state index contributed by atoms with van der Waals surface area (Å²) in [5.74, 6) is 1.22. The van der Waals surface area contributed by atoms with E-state index in [9.17, 15) is 10.1 Å². The largest absolute Gasteiger partial charge is 0.367 e. The highest BCUT2D eigenvalue weighted by Gasteiger charge is 2.11. The van der Waals surface area contributed by atoms with Crippen LogP contribution in [0.15, 0.2) is 18.3 Å². The highest BCUT2D eigenvalue weighted by atomic mass is 16.6. The predicted octanol–water partition coefficient (Wildman–Crippen LogP) is 2.84. The first-order chi connectivity index (χ1) is 7.54. The van der Waals surface area contributed by atoms with Gasteiger partial charge in [-0.05, 0) is 18.9 Å². The summed E-state index contributed by atoms with van der Waals surface area (Å²) in [6.07, 6.45) is 2.35. The predicted molar refractivity (Wildman–Crippen MR) is 63.4 cm³/mol. The van der Waals surface area contributed by atoms with Crippen LogP contribution < -0.4 is 5.32 Å². The van der Waals surface area contributed by atoms with Crippen molar-refractivity contribution in [2.24, 2.45) is 5.92 Å². The Morgan fingerprint density at radius 2 is 2.19 bits per heavy atom. The molecule has 1 rings (SSSR count). The van der Waals surface area contributed by atoms with Crippen LogP contribution in [0.1, 0.15) is 27.2 Å². The molecule has 0 spiro atoms. The number of rotatable bonds is 5. The van der Waals surface area contributed by atoms with Crippen molar-refractivity contribution in [3.05, 3.63) is 28.4 Å². The van der Waals surface area contributed by atoms with Gasteiger partial charge in [-0.15, -0.1) is 0 Å². The van der Waals surface area contributed by atoms with Crippen LogP contribution in [0, 0.1) is 16.0 Å². The molecule has 0 fully saturated rings. The van der Waals surface area contributed by atoms with Crippen LogP contribution in [0.2, 0.25) is 0 Å². The lowest BCUT2D eigenvalue weighted by Crippen LogP contribution is -2.23. The number of nitro groups is 1. The molecule has 1 heterocycles. The van der Waals surface area contributed by atoms with Gasteiger partial charge in [-0.2, -0.15) is 0 Å². The summed E-state index contributed by atoms with van der Waals surface area (Å²) >= 11 is 0. The zero-order valence-electron chi connectivity index (χ0n) is 9.80. The molecule has 2 atom stereocenters. The lowest BCUT2D eigenvalue weighted by atomic mass is 10.0. The van der Waals surface area contributed by atoms with E-state index in [0.717, 1.165) is 6.42 Å². The molecule has 1 N–H and O–H groups in total. The lowest BCUT2D eigenvalue weighted by molar-refractivity contribution is -0.385. The van der Waals surface area contributed by atoms with Crippen molar-refractivity contribution < 1.29 is 4.92 Å². The highest BCUT2D eigenvalue weighted by molar-refractivity contribution is 5.40. The number of nitrogens with one attached hydrogen (secondary N) is 1. The summed E-state index contributed by atoms with van der Waals surface area (Å²) in [6, 6.07) is 3.40. The summed E-state index contributed by atoms with van der Waals surface area (Å²) < 4.78 is 0. The SMILES string of the molecule is CCC(C)C(C)Nc1ccc([N+](=O)[O-])cn1. The second-order valence-electron chi connectivity index (χ2n) is 3.98. The molecule has 0 aliphatic heterocycles. The average molecular weight is 223 g/mol. The van der Waals surface area contributed by atoms with Gasteiger partial charge in [0.05, 0.1) is 4.92 Å². The number of pyridine rings is 1. The number of anilines is 1. The van der Waals surface area contributed by atoms with Crippen LogP contribution >= 0.6 is 0 Å². The van der Waals surface area contributed by atoms with Crippen LogP contribution in [-0.4, -0.2) is 15.9 Å². The second kappa shape index (κ2) is 5.44. The number of hydrogen-bond donors (Lipinski definition) is 1. The molecule has 0 saturated heterocycles. The Labute approximate surface area is 95.0 Å². The first kappa shape index (κ1) is 12.4. The maximum absolute atomic E-state index is 10.4. The second-order valence-corrected chi connectivity index (χ2v) is 3.98. The van der Waals surface area contributed by atoms with Gasteiger partial charge in [0.15, 0.2) is 0 Å². The molecule has 5 heteroatoms. The molecule has 16 heavy (non-hydrogen) atoms. The van der Waals surface area contributed by atoms with Gasteiger partial charge in [-0.25, -0.2) is 4.98 Å². The fraction of sp³-hybridized carbons (Fsp3) is 0.545. The van der Waals surface area contributed by atoms with Gasteiger partial charge in [0, 0.05) is 12.1 Å². The van der Waals surface area contributed by atoms with Gasteiger partial charge < -0.3 is 5.32 Å². The molecule has 0 aliphatic rings. The first-order valence-electron chi connectivity index (χ1n) is 5.41. The topological polar surface area (TPSA) is 68.1 Å². The monoisotopic (exact) mass is 223 g/mol. The van der Waals surface area contributed by atoms with Crippen LogP contribution in [0.25, 0.3) is 0 Å². The van der Waals surface area contributed by atoms with Gasteiger partial charge in [0.1, 0.15) is 12.0 Å². The summed E-state index contributed by atoms with van der Waals surface area (Å²) in [4.78, 5) is 14.0. The number of nitrogens with zero attached hydrogens (tertiary/aromatic N) is 2. The van der Waals surface area contributed by atoms with Crippen molar-refractivity contribution in [3.8, 4) is 0 Å². The normalized spacial score (nSPS) is 14.2. The highest BCUT2D eigenvalue weighted by Crippen LogP contribution is 2.15. The van der Waals surface area contributed by atoms with E-state index >= 15 is 0 Å². The maximum Gasteiger partial charge on any atom is 0.287 e. The molecule has 1 aromatic rings. The molecule has 2 unspecified atom stereocenters. The quantitative estimate of drug-likeness (QED) is 0.615. The van der Waals surface area contributed by atoms with E-state index in [2.05, 4.69) is 31.1 Å². The third-order valence-corrected chi connectivity index (χ3v) is 2.83. The molecule has 0 aliphatic carbocycles. The van der Waals surface area contributed by atoms with Gasteiger partial charge in [0.2, 0.25) is 0 Å². The minimum Gasteiger partial charge on any atom is -0.367 e. The summed E-state index contributed by atoms with van der Waals surface area (Å²) in [5.41, 5.74) is 0.0155. The molecule has 5 nitrogen and oxygen atoms in total. The smallest absolute Gasteiger partial charge is 0.287 e. The summed E-state index contributed by atoms with van der Waals surface area (Å²) in [7, 11) is 0. The van der Waals surface area contributed by atoms with Crippen LogP contribution in [0.5, 0.6) is 0 Å². The van der Waals surface area contributed by atoms with E-state index in [1.165, 1.54) is 12.3 Å². The zero-order chi connectivity index (χ0) is 12.1. The average Bonchev–Trinajstić information content (AvgIpc) is 2.28. The Morgan fingerprint density at radius 3 is 2.62 bits per heavy atom. The van der Waals surface area contributed by atoms with Crippen molar-refractivity contribution in [2.75, 3.05) is 5.32 Å². The third kappa shape index (κ3) is 3.18. The molecule has 0 amide bonds. The van der Waals surface area contributed by atoms with Crippen molar-refractivity contribution in [1.29, 1.82) is 0 Å². The molecule has 0 radical (unpaired) electrons. The van der Waals surface area contributed by atoms with Crippen LogP contribution in [0.4, 0.5) is 11.5 Å². The molecule has 0 bridgehead atoms. The van der Waals surface area contributed by atoms with Gasteiger partial charge in [-0.3, -0.25) is 10.1 Å². The molecular weight excluding hydrogens is 206 g/mol.